The molecule has 0 bridgehead atoms. The van der Waals surface area contributed by atoms with E-state index >= 15 is 0 Å². The van der Waals surface area contributed by atoms with Crippen molar-refractivity contribution in [1.29, 1.82) is 0 Å². The monoisotopic (exact) mass is 525 g/mol. The van der Waals surface area contributed by atoms with Gasteiger partial charge in [-0.1, -0.05) is 72.5 Å². The number of thiocarbonyl (C=S) groups is 1. The third-order valence-corrected chi connectivity index (χ3v) is 7.37. The minimum absolute atomic E-state index is 0.0922. The molecule has 0 saturated carbocycles. The van der Waals surface area contributed by atoms with Gasteiger partial charge in [0.25, 0.3) is 5.91 Å². The maximum Gasteiger partial charge on any atom is 0.266 e. The van der Waals surface area contributed by atoms with Crippen LogP contribution >= 0.6 is 24.0 Å². The SMILES string of the molecule is CC(C)Oc1ccc(-c2nn(-c3ccccc3)cc2/C=C2\SC(=S)N(C(C)c3ccccc3)C2=O)cc1. The van der Waals surface area contributed by atoms with Gasteiger partial charge in [-0.25, -0.2) is 4.68 Å². The molecule has 0 radical (unpaired) electrons. The van der Waals surface area contributed by atoms with E-state index < -0.39 is 0 Å². The lowest BCUT2D eigenvalue weighted by Crippen LogP contribution is -2.30. The first-order chi connectivity index (χ1) is 17.9. The number of thioether (sulfide) groups is 1. The molecule has 5 nitrogen and oxygen atoms in total. The topological polar surface area (TPSA) is 47.4 Å². The molecule has 1 aliphatic rings. The smallest absolute Gasteiger partial charge is 0.266 e. The molecule has 1 aliphatic heterocycles. The lowest BCUT2D eigenvalue weighted by atomic mass is 10.1. The normalized spacial score (nSPS) is 15.6. The summed E-state index contributed by atoms with van der Waals surface area (Å²) in [4.78, 5) is 15.8. The Hall–Kier alpha value is -3.68. The summed E-state index contributed by atoms with van der Waals surface area (Å²) in [6.07, 6.45) is 3.95. The summed E-state index contributed by atoms with van der Waals surface area (Å²) < 4.78 is 8.20. The van der Waals surface area contributed by atoms with Gasteiger partial charge in [0, 0.05) is 17.3 Å². The summed E-state index contributed by atoms with van der Waals surface area (Å²) in [5.74, 6) is 0.712. The zero-order valence-electron chi connectivity index (χ0n) is 20.9. The van der Waals surface area contributed by atoms with Crippen LogP contribution in [0.3, 0.4) is 0 Å². The van der Waals surface area contributed by atoms with E-state index in [9.17, 15) is 4.79 Å². The molecule has 7 heteroatoms. The molecule has 0 N–H and O–H groups in total. The molecule has 37 heavy (non-hydrogen) atoms. The molecule has 1 unspecified atom stereocenters. The number of carbonyl (C=O) groups excluding carboxylic acids is 1. The molecule has 1 saturated heterocycles. The fourth-order valence-corrected chi connectivity index (χ4v) is 5.64. The number of amides is 1. The molecule has 4 aromatic rings. The van der Waals surface area contributed by atoms with Crippen LogP contribution in [0.25, 0.3) is 23.0 Å². The zero-order chi connectivity index (χ0) is 25.9. The highest BCUT2D eigenvalue weighted by atomic mass is 32.2. The first kappa shape index (κ1) is 25.0. The summed E-state index contributed by atoms with van der Waals surface area (Å²) in [5, 5.41) is 4.89. The van der Waals surface area contributed by atoms with Crippen LogP contribution in [-0.2, 0) is 4.79 Å². The minimum atomic E-state index is -0.153. The minimum Gasteiger partial charge on any atom is -0.491 e. The first-order valence-electron chi connectivity index (χ1n) is 12.1. The zero-order valence-corrected chi connectivity index (χ0v) is 22.5. The average Bonchev–Trinajstić information content (AvgIpc) is 3.45. The quantitative estimate of drug-likeness (QED) is 0.187. The molecule has 1 amide bonds. The molecular formula is C30H27N3O2S2. The van der Waals surface area contributed by atoms with Crippen LogP contribution in [0.4, 0.5) is 0 Å². The van der Waals surface area contributed by atoms with Crippen molar-refractivity contribution in [1.82, 2.24) is 14.7 Å². The van der Waals surface area contributed by atoms with Crippen molar-refractivity contribution in [3.05, 3.63) is 107 Å². The Bertz CT molecular complexity index is 1450. The summed E-state index contributed by atoms with van der Waals surface area (Å²) >= 11 is 6.97. The van der Waals surface area contributed by atoms with Crippen molar-refractivity contribution >= 4 is 40.3 Å². The van der Waals surface area contributed by atoms with Crippen LogP contribution < -0.4 is 4.74 Å². The van der Waals surface area contributed by atoms with Crippen molar-refractivity contribution in [3.8, 4) is 22.7 Å². The summed E-state index contributed by atoms with van der Waals surface area (Å²) in [5.41, 5.74) is 4.54. The highest BCUT2D eigenvalue weighted by Crippen LogP contribution is 2.39. The fourth-order valence-electron chi connectivity index (χ4n) is 4.23. The van der Waals surface area contributed by atoms with Crippen LogP contribution in [0.2, 0.25) is 0 Å². The lowest BCUT2D eigenvalue weighted by molar-refractivity contribution is -0.123. The van der Waals surface area contributed by atoms with Gasteiger partial charge in [-0.15, -0.1) is 0 Å². The van der Waals surface area contributed by atoms with Crippen LogP contribution in [0.5, 0.6) is 5.75 Å². The average molecular weight is 526 g/mol. The summed E-state index contributed by atoms with van der Waals surface area (Å²) in [6, 6.07) is 27.6. The van der Waals surface area contributed by atoms with Crippen molar-refractivity contribution < 1.29 is 9.53 Å². The third kappa shape index (κ3) is 5.38. The second-order valence-corrected chi connectivity index (χ2v) is 10.7. The molecule has 3 aromatic carbocycles. The van der Waals surface area contributed by atoms with Crippen LogP contribution in [0.1, 0.15) is 37.9 Å². The van der Waals surface area contributed by atoms with Crippen molar-refractivity contribution in [2.45, 2.75) is 32.9 Å². The predicted octanol–water partition coefficient (Wildman–Crippen LogP) is 7.29. The van der Waals surface area contributed by atoms with Crippen molar-refractivity contribution in [2.24, 2.45) is 0 Å². The van der Waals surface area contributed by atoms with Gasteiger partial charge in [0.1, 0.15) is 10.1 Å². The summed E-state index contributed by atoms with van der Waals surface area (Å²) in [7, 11) is 0. The van der Waals surface area contributed by atoms with E-state index in [2.05, 4.69) is 0 Å². The maximum atomic E-state index is 13.5. The Morgan fingerprint density at radius 2 is 1.57 bits per heavy atom. The highest BCUT2D eigenvalue weighted by Gasteiger charge is 2.36. The number of rotatable bonds is 7. The molecule has 5 rings (SSSR count). The number of para-hydroxylation sites is 1. The second kappa shape index (κ2) is 10.7. The molecule has 0 spiro atoms. The first-order valence-corrected chi connectivity index (χ1v) is 13.4. The predicted molar refractivity (Wildman–Crippen MR) is 155 cm³/mol. The number of hydrogen-bond acceptors (Lipinski definition) is 5. The van der Waals surface area contributed by atoms with Gasteiger partial charge in [0.05, 0.1) is 28.4 Å². The van der Waals surface area contributed by atoms with Gasteiger partial charge in [-0.2, -0.15) is 5.10 Å². The van der Waals surface area contributed by atoms with Crippen molar-refractivity contribution in [2.75, 3.05) is 0 Å². The molecule has 186 valence electrons. The van der Waals surface area contributed by atoms with E-state index in [1.165, 1.54) is 11.8 Å². The number of carbonyl (C=O) groups is 1. The molecular weight excluding hydrogens is 498 g/mol. The molecule has 0 aliphatic carbocycles. The fraction of sp³-hybridized carbons (Fsp3) is 0.167. The lowest BCUT2D eigenvalue weighted by Gasteiger charge is -2.23. The van der Waals surface area contributed by atoms with Gasteiger partial charge in [0.15, 0.2) is 0 Å². The van der Waals surface area contributed by atoms with Crippen LogP contribution in [0.15, 0.2) is 96.0 Å². The van der Waals surface area contributed by atoms with Gasteiger partial charge in [0.2, 0.25) is 0 Å². The molecule has 1 aromatic heterocycles. The molecule has 2 heterocycles. The Morgan fingerprint density at radius 1 is 0.919 bits per heavy atom. The van der Waals surface area contributed by atoms with Gasteiger partial charge >= 0.3 is 0 Å². The number of nitrogens with zero attached hydrogens (tertiary/aromatic N) is 3. The third-order valence-electron chi connectivity index (χ3n) is 6.04. The Labute approximate surface area is 226 Å². The Balaban J connectivity index is 1.52. The Kier molecular flexibility index (Phi) is 7.26. The van der Waals surface area contributed by atoms with Crippen LogP contribution in [0, 0.1) is 0 Å². The van der Waals surface area contributed by atoms with Crippen molar-refractivity contribution in [3.63, 3.8) is 0 Å². The number of ether oxygens (including phenoxy) is 1. The van der Waals surface area contributed by atoms with E-state index in [0.29, 0.717) is 9.23 Å². The van der Waals surface area contributed by atoms with Crippen LogP contribution in [-0.4, -0.2) is 31.0 Å². The van der Waals surface area contributed by atoms with Gasteiger partial charge < -0.3 is 4.74 Å². The van der Waals surface area contributed by atoms with Gasteiger partial charge in [-0.05, 0) is 68.8 Å². The number of benzene rings is 3. The standard InChI is InChI=1S/C30H27N3O2S2/c1-20(2)35-26-16-14-23(15-17-26)28-24(19-32(31-28)25-12-8-5-9-13-25)18-27-29(34)33(30(36)37-27)21(3)22-10-6-4-7-11-22/h4-21H,1-3H3/b27-18-. The molecule has 1 atom stereocenters. The largest absolute Gasteiger partial charge is 0.491 e. The second-order valence-electron chi connectivity index (χ2n) is 9.04. The molecule has 1 fully saturated rings. The van der Waals surface area contributed by atoms with E-state index in [-0.39, 0.29) is 18.1 Å². The maximum absolute atomic E-state index is 13.5. The van der Waals surface area contributed by atoms with E-state index in [4.69, 9.17) is 22.1 Å². The summed E-state index contributed by atoms with van der Waals surface area (Å²) in [6.45, 7) is 6.01. The van der Waals surface area contributed by atoms with E-state index in [0.717, 1.165) is 33.8 Å². The number of hydrogen-bond donors (Lipinski definition) is 0. The van der Waals surface area contributed by atoms with E-state index in [1.54, 1.807) is 4.90 Å². The van der Waals surface area contributed by atoms with Gasteiger partial charge in [-0.3, -0.25) is 9.69 Å². The number of aromatic nitrogens is 2. The Morgan fingerprint density at radius 3 is 2.22 bits per heavy atom. The highest BCUT2D eigenvalue weighted by molar-refractivity contribution is 8.26. The van der Waals surface area contributed by atoms with E-state index in [1.807, 2.05) is 123 Å².